The van der Waals surface area contributed by atoms with Crippen molar-refractivity contribution in [2.24, 2.45) is 5.73 Å². The summed E-state index contributed by atoms with van der Waals surface area (Å²) in [5.41, 5.74) is 2.80. The van der Waals surface area contributed by atoms with Crippen molar-refractivity contribution < 1.29 is 27.2 Å². The minimum atomic E-state index is -4.62. The van der Waals surface area contributed by atoms with Crippen molar-refractivity contribution in [2.75, 3.05) is 6.54 Å². The van der Waals surface area contributed by atoms with Crippen molar-refractivity contribution in [1.82, 2.24) is 9.88 Å². The molecule has 2 N–H and O–H groups in total. The third-order valence-electron chi connectivity index (χ3n) is 5.40. The Morgan fingerprint density at radius 3 is 2.61 bits per heavy atom. The Bertz CT molecular complexity index is 1070. The van der Waals surface area contributed by atoms with E-state index in [9.17, 15) is 27.6 Å². The van der Waals surface area contributed by atoms with E-state index in [1.807, 2.05) is 0 Å². The number of carbonyl (C=O) groups is 2. The number of nitrogens with zero attached hydrogens (tertiary/aromatic N) is 2. The van der Waals surface area contributed by atoms with Crippen LogP contribution < -0.4 is 11.4 Å². The molecule has 11 heteroatoms. The molecule has 0 aliphatic carbocycles. The van der Waals surface area contributed by atoms with Gasteiger partial charge in [0.15, 0.2) is 0 Å². The largest absolute Gasteiger partial charge is 0.427 e. The van der Waals surface area contributed by atoms with E-state index < -0.39 is 34.9 Å². The van der Waals surface area contributed by atoms with Gasteiger partial charge in [-0.3, -0.25) is 9.59 Å². The number of halogens is 3. The van der Waals surface area contributed by atoms with E-state index in [0.29, 0.717) is 35.0 Å². The molecule has 2 aromatic heterocycles. The van der Waals surface area contributed by atoms with Gasteiger partial charge in [0.1, 0.15) is 22.2 Å². The zero-order chi connectivity index (χ0) is 23.1. The Morgan fingerprint density at radius 1 is 1.32 bits per heavy atom. The summed E-state index contributed by atoms with van der Waals surface area (Å²) < 4.78 is 45.1. The molecule has 3 heterocycles. The van der Waals surface area contributed by atoms with Crippen molar-refractivity contribution >= 4 is 23.2 Å². The fourth-order valence-corrected chi connectivity index (χ4v) is 4.49. The average molecular weight is 457 g/mol. The van der Waals surface area contributed by atoms with E-state index in [1.54, 1.807) is 6.92 Å². The number of nitrogens with two attached hydrogens (primary N) is 1. The predicted molar refractivity (Wildman–Crippen MR) is 108 cm³/mol. The molecule has 1 atom stereocenters. The molecule has 3 rings (SSSR count). The smallest absolute Gasteiger partial charge is 0.400 e. The predicted octanol–water partition coefficient (Wildman–Crippen LogP) is 2.93. The van der Waals surface area contributed by atoms with Crippen LogP contribution in [0.3, 0.4) is 0 Å². The van der Waals surface area contributed by atoms with Crippen molar-refractivity contribution in [2.45, 2.75) is 57.7 Å². The molecule has 168 valence electrons. The maximum atomic E-state index is 13.4. The second-order valence-electron chi connectivity index (χ2n) is 8.00. The van der Waals surface area contributed by atoms with Gasteiger partial charge in [-0.1, -0.05) is 0 Å². The fourth-order valence-electron chi connectivity index (χ4n) is 3.44. The first-order valence-corrected chi connectivity index (χ1v) is 10.4. The minimum absolute atomic E-state index is 0.0718. The number of aromatic nitrogens is 1. The first-order valence-electron chi connectivity index (χ1n) is 9.59. The topological polar surface area (TPSA) is 106 Å². The van der Waals surface area contributed by atoms with Crippen LogP contribution in [0.25, 0.3) is 10.4 Å². The Morgan fingerprint density at radius 2 is 2.00 bits per heavy atom. The van der Waals surface area contributed by atoms with E-state index in [-0.39, 0.29) is 17.9 Å². The zero-order valence-electron chi connectivity index (χ0n) is 17.2. The molecular formula is C20H22F3N3O4S. The molecule has 0 radical (unpaired) electrons. The number of hydrogen-bond acceptors (Lipinski definition) is 6. The molecule has 0 spiro atoms. The Labute approximate surface area is 180 Å². The maximum absolute atomic E-state index is 13.4. The van der Waals surface area contributed by atoms with Gasteiger partial charge in [-0.05, 0) is 39.7 Å². The van der Waals surface area contributed by atoms with E-state index in [4.69, 9.17) is 10.2 Å². The second-order valence-corrected chi connectivity index (χ2v) is 9.08. The summed E-state index contributed by atoms with van der Waals surface area (Å²) in [6.45, 7) is 3.94. The summed E-state index contributed by atoms with van der Waals surface area (Å²) in [5, 5.41) is 0.428. The Balaban J connectivity index is 1.90. The van der Waals surface area contributed by atoms with Crippen LogP contribution in [0.1, 0.15) is 43.2 Å². The van der Waals surface area contributed by atoms with Crippen LogP contribution in [0.2, 0.25) is 0 Å². The van der Waals surface area contributed by atoms with Gasteiger partial charge in [0.2, 0.25) is 11.8 Å². The first-order chi connectivity index (χ1) is 14.3. The number of alkyl halides is 3. The van der Waals surface area contributed by atoms with Gasteiger partial charge in [0.05, 0.1) is 17.0 Å². The number of primary amides is 1. The molecule has 7 nitrogen and oxygen atoms in total. The summed E-state index contributed by atoms with van der Waals surface area (Å²) >= 11 is 1.11. The Kier molecular flexibility index (Phi) is 6.01. The molecular weight excluding hydrogens is 435 g/mol. The average Bonchev–Trinajstić information content (AvgIpc) is 3.27. The molecule has 1 aliphatic rings. The number of aryl methyl sites for hydroxylation is 1. The molecule has 31 heavy (non-hydrogen) atoms. The van der Waals surface area contributed by atoms with Gasteiger partial charge in [-0.25, -0.2) is 9.78 Å². The van der Waals surface area contributed by atoms with Gasteiger partial charge in [0.25, 0.3) is 0 Å². The third kappa shape index (κ3) is 4.51. The van der Waals surface area contributed by atoms with Gasteiger partial charge in [0, 0.05) is 18.2 Å². The lowest BCUT2D eigenvalue weighted by Crippen LogP contribution is -2.44. The fraction of sp³-hybridized carbons (Fsp3) is 0.500. The normalized spacial score (nSPS) is 17.2. The molecule has 1 fully saturated rings. The SMILES string of the molecule is Cc1nc(CC(=O)N2CCC[C@H]2C(N)=O)sc1-c1cc(C(C)(C)C(F)(F)F)oc(=O)c1. The van der Waals surface area contributed by atoms with Crippen molar-refractivity contribution in [3.8, 4) is 10.4 Å². The monoisotopic (exact) mass is 457 g/mol. The highest BCUT2D eigenvalue weighted by molar-refractivity contribution is 7.15. The lowest BCUT2D eigenvalue weighted by atomic mass is 9.88. The van der Waals surface area contributed by atoms with Crippen LogP contribution in [0.4, 0.5) is 13.2 Å². The zero-order valence-corrected chi connectivity index (χ0v) is 18.0. The molecule has 0 bridgehead atoms. The van der Waals surface area contributed by atoms with Crippen molar-refractivity contribution in [3.05, 3.63) is 39.0 Å². The second kappa shape index (κ2) is 8.10. The lowest BCUT2D eigenvalue weighted by molar-refractivity contribution is -0.185. The van der Waals surface area contributed by atoms with E-state index in [2.05, 4.69) is 4.98 Å². The Hall–Kier alpha value is -2.69. The molecule has 2 aromatic rings. The van der Waals surface area contributed by atoms with Gasteiger partial charge in [-0.15, -0.1) is 11.3 Å². The quantitative estimate of drug-likeness (QED) is 0.743. The van der Waals surface area contributed by atoms with Crippen LogP contribution in [0.15, 0.2) is 21.3 Å². The highest BCUT2D eigenvalue weighted by Crippen LogP contribution is 2.41. The standard InChI is InChI=1S/C20H22F3N3O4S/c1-10-17(11-7-13(30-16(28)8-11)19(2,3)20(21,22)23)31-14(25-10)9-15(27)26-6-4-5-12(26)18(24)29/h7-8,12H,4-6,9H2,1-3H3,(H2,24,29)/t12-/m0/s1. The summed E-state index contributed by atoms with van der Waals surface area (Å²) in [6.07, 6.45) is -3.49. The number of hydrogen-bond donors (Lipinski definition) is 1. The highest BCUT2D eigenvalue weighted by atomic mass is 32.1. The number of likely N-dealkylation sites (tertiary alicyclic amines) is 1. The summed E-state index contributed by atoms with van der Waals surface area (Å²) in [4.78, 5) is 42.4. The van der Waals surface area contributed by atoms with E-state index in [0.717, 1.165) is 31.3 Å². The first kappa shape index (κ1) is 23.0. The third-order valence-corrected chi connectivity index (χ3v) is 6.61. The van der Waals surface area contributed by atoms with Gasteiger partial charge >= 0.3 is 11.8 Å². The highest BCUT2D eigenvalue weighted by Gasteiger charge is 2.50. The number of carbonyl (C=O) groups excluding carboxylic acids is 2. The van der Waals surface area contributed by atoms with E-state index >= 15 is 0 Å². The molecule has 0 saturated carbocycles. The molecule has 0 unspecified atom stereocenters. The summed E-state index contributed by atoms with van der Waals surface area (Å²) in [6, 6.07) is 1.65. The van der Waals surface area contributed by atoms with Crippen LogP contribution in [0.5, 0.6) is 0 Å². The maximum Gasteiger partial charge on any atom is 0.400 e. The lowest BCUT2D eigenvalue weighted by Gasteiger charge is -2.26. The number of amides is 2. The van der Waals surface area contributed by atoms with Crippen molar-refractivity contribution in [3.63, 3.8) is 0 Å². The number of thiazole rings is 1. The molecule has 2 amide bonds. The van der Waals surface area contributed by atoms with Gasteiger partial charge in [-0.2, -0.15) is 13.2 Å². The van der Waals surface area contributed by atoms with Crippen molar-refractivity contribution in [1.29, 1.82) is 0 Å². The molecule has 0 aromatic carbocycles. The summed E-state index contributed by atoms with van der Waals surface area (Å²) in [5.74, 6) is -1.36. The van der Waals surface area contributed by atoms with Crippen LogP contribution >= 0.6 is 11.3 Å². The minimum Gasteiger partial charge on any atom is -0.427 e. The molecule has 1 aliphatic heterocycles. The molecule has 1 saturated heterocycles. The number of rotatable bonds is 5. The van der Waals surface area contributed by atoms with Crippen LogP contribution in [-0.2, 0) is 21.4 Å². The summed E-state index contributed by atoms with van der Waals surface area (Å²) in [7, 11) is 0. The van der Waals surface area contributed by atoms with E-state index in [1.165, 1.54) is 11.0 Å². The van der Waals surface area contributed by atoms with Crippen LogP contribution in [-0.4, -0.2) is 40.5 Å². The van der Waals surface area contributed by atoms with Crippen LogP contribution in [0, 0.1) is 6.92 Å². The van der Waals surface area contributed by atoms with Gasteiger partial charge < -0.3 is 15.1 Å².